The Morgan fingerprint density at radius 1 is 0.750 bits per heavy atom. The molecule has 2 amide bonds. The SMILES string of the molecule is O=C(NCCSSCCNC(=O)/C(Cc1c[nH]c2ccc(Cl)cc12)=N/O)/C(Cc1c[nH]c2ccc(Cl)cc12)=N/O. The lowest BCUT2D eigenvalue weighted by atomic mass is 10.1. The molecular formula is C26H26Cl2N6O4S2. The van der Waals surface area contributed by atoms with Crippen LogP contribution in [-0.2, 0) is 22.4 Å². The molecule has 210 valence electrons. The molecule has 40 heavy (non-hydrogen) atoms. The molecule has 0 unspecified atom stereocenters. The number of rotatable bonds is 13. The standard InChI is InChI=1S/C26H26Cl2N6O4S2/c27-17-1-3-21-19(11-17)15(13-31-21)9-23(33-37)25(35)29-5-7-39-40-8-6-30-26(36)24(34-38)10-16-14-32-22-4-2-18(28)12-20(16)22/h1-4,11-14,31-32,37-38H,5-10H2,(H,29,35)(H,30,36)/b33-23+,34-24+. The van der Waals surface area contributed by atoms with Crippen molar-refractivity contribution in [2.45, 2.75) is 12.8 Å². The minimum absolute atomic E-state index is 0.00155. The van der Waals surface area contributed by atoms with E-state index in [1.807, 2.05) is 12.1 Å². The maximum Gasteiger partial charge on any atom is 0.269 e. The van der Waals surface area contributed by atoms with Crippen LogP contribution in [0.2, 0.25) is 10.0 Å². The van der Waals surface area contributed by atoms with Gasteiger partial charge in [-0.25, -0.2) is 0 Å². The van der Waals surface area contributed by atoms with Gasteiger partial charge in [-0.3, -0.25) is 9.59 Å². The molecule has 0 saturated carbocycles. The summed E-state index contributed by atoms with van der Waals surface area (Å²) in [7, 11) is 3.06. The van der Waals surface area contributed by atoms with Gasteiger partial charge in [0, 0.05) is 81.7 Å². The van der Waals surface area contributed by atoms with E-state index in [1.165, 1.54) is 21.6 Å². The zero-order valence-corrected chi connectivity index (χ0v) is 24.2. The van der Waals surface area contributed by atoms with Crippen molar-refractivity contribution in [2.24, 2.45) is 10.3 Å². The van der Waals surface area contributed by atoms with E-state index < -0.39 is 11.8 Å². The summed E-state index contributed by atoms with van der Waals surface area (Å²) < 4.78 is 0. The fourth-order valence-electron chi connectivity index (χ4n) is 4.01. The number of aromatic nitrogens is 2. The highest BCUT2D eigenvalue weighted by Gasteiger charge is 2.17. The first kappa shape index (κ1) is 29.7. The minimum Gasteiger partial charge on any atom is -0.410 e. The van der Waals surface area contributed by atoms with Gasteiger partial charge in [0.05, 0.1) is 0 Å². The summed E-state index contributed by atoms with van der Waals surface area (Å²) in [5.41, 5.74) is 3.35. The van der Waals surface area contributed by atoms with Crippen molar-refractivity contribution in [1.82, 2.24) is 20.6 Å². The maximum absolute atomic E-state index is 12.5. The number of aromatic amines is 2. The van der Waals surface area contributed by atoms with Crippen LogP contribution in [0.4, 0.5) is 0 Å². The first-order valence-electron chi connectivity index (χ1n) is 12.1. The van der Waals surface area contributed by atoms with E-state index in [0.29, 0.717) is 34.6 Å². The summed E-state index contributed by atoms with van der Waals surface area (Å²) in [6.45, 7) is 0.745. The molecule has 6 N–H and O–H groups in total. The fourth-order valence-corrected chi connectivity index (χ4v) is 6.17. The van der Waals surface area contributed by atoms with Crippen molar-refractivity contribution in [3.8, 4) is 0 Å². The third kappa shape index (κ3) is 7.66. The Labute approximate surface area is 247 Å². The Kier molecular flexibility index (Phi) is 10.6. The molecule has 2 aromatic carbocycles. The molecule has 2 heterocycles. The molecule has 4 aromatic rings. The van der Waals surface area contributed by atoms with Crippen molar-refractivity contribution < 1.29 is 20.0 Å². The number of H-pyrrole nitrogens is 2. The molecule has 4 rings (SSSR count). The number of carbonyl (C=O) groups is 2. The number of oxime groups is 2. The summed E-state index contributed by atoms with van der Waals surface area (Å²) in [5.74, 6) is 0.311. The van der Waals surface area contributed by atoms with Gasteiger partial charge in [-0.05, 0) is 47.5 Å². The number of benzene rings is 2. The third-order valence-corrected chi connectivity index (χ3v) is 8.84. The highest BCUT2D eigenvalue weighted by molar-refractivity contribution is 8.76. The predicted molar refractivity (Wildman–Crippen MR) is 163 cm³/mol. The van der Waals surface area contributed by atoms with Crippen LogP contribution >= 0.6 is 44.8 Å². The number of amides is 2. The highest BCUT2D eigenvalue weighted by Crippen LogP contribution is 2.24. The molecule has 0 aliphatic heterocycles. The number of hydrogen-bond acceptors (Lipinski definition) is 8. The molecule has 0 saturated heterocycles. The average Bonchev–Trinajstić information content (AvgIpc) is 3.54. The van der Waals surface area contributed by atoms with Crippen molar-refractivity contribution in [3.63, 3.8) is 0 Å². The molecule has 0 radical (unpaired) electrons. The summed E-state index contributed by atoms with van der Waals surface area (Å²) in [6.07, 6.45) is 3.83. The highest BCUT2D eigenvalue weighted by atomic mass is 35.5. The minimum atomic E-state index is -0.454. The first-order valence-corrected chi connectivity index (χ1v) is 15.4. The van der Waals surface area contributed by atoms with Gasteiger partial charge in [-0.15, -0.1) is 0 Å². The van der Waals surface area contributed by atoms with Crippen LogP contribution in [0.5, 0.6) is 0 Å². The lowest BCUT2D eigenvalue weighted by molar-refractivity contribution is -0.115. The summed E-state index contributed by atoms with van der Waals surface area (Å²) >= 11 is 12.2. The summed E-state index contributed by atoms with van der Waals surface area (Å²) in [4.78, 5) is 31.2. The van der Waals surface area contributed by atoms with Crippen LogP contribution in [0.1, 0.15) is 11.1 Å². The summed E-state index contributed by atoms with van der Waals surface area (Å²) in [6, 6.07) is 10.8. The largest absolute Gasteiger partial charge is 0.410 e. The number of fused-ring (bicyclic) bond motifs is 2. The van der Waals surface area contributed by atoms with Crippen LogP contribution in [0.15, 0.2) is 59.1 Å². The predicted octanol–water partition coefficient (Wildman–Crippen LogP) is 5.02. The van der Waals surface area contributed by atoms with Crippen LogP contribution in [-0.4, -0.2) is 68.2 Å². The van der Waals surface area contributed by atoms with E-state index in [2.05, 4.69) is 30.9 Å². The fraction of sp³-hybridized carbons (Fsp3) is 0.231. The maximum atomic E-state index is 12.5. The monoisotopic (exact) mass is 620 g/mol. The van der Waals surface area contributed by atoms with Gasteiger partial charge in [-0.1, -0.05) is 55.1 Å². The molecule has 14 heteroatoms. The van der Waals surface area contributed by atoms with E-state index in [1.54, 1.807) is 36.7 Å². The van der Waals surface area contributed by atoms with Gasteiger partial charge in [0.2, 0.25) is 0 Å². The van der Waals surface area contributed by atoms with Crippen LogP contribution < -0.4 is 10.6 Å². The summed E-state index contributed by atoms with van der Waals surface area (Å²) in [5, 5.41) is 33.5. The van der Waals surface area contributed by atoms with Gasteiger partial charge in [-0.2, -0.15) is 0 Å². The van der Waals surface area contributed by atoms with Crippen molar-refractivity contribution in [2.75, 3.05) is 24.6 Å². The second-order valence-electron chi connectivity index (χ2n) is 8.61. The second kappa shape index (κ2) is 14.4. The number of hydrogen-bond donors (Lipinski definition) is 6. The normalized spacial score (nSPS) is 12.2. The third-order valence-electron chi connectivity index (χ3n) is 5.97. The van der Waals surface area contributed by atoms with Gasteiger partial charge in [0.1, 0.15) is 11.4 Å². The topological polar surface area (TPSA) is 155 Å². The smallest absolute Gasteiger partial charge is 0.269 e. The number of carbonyl (C=O) groups excluding carboxylic acids is 2. The molecule has 10 nitrogen and oxygen atoms in total. The van der Waals surface area contributed by atoms with Crippen LogP contribution in [0, 0.1) is 0 Å². The molecule has 0 fully saturated rings. The van der Waals surface area contributed by atoms with Crippen molar-refractivity contribution in [3.05, 3.63) is 70.0 Å². The molecule has 2 aromatic heterocycles. The Bertz CT molecular complexity index is 1450. The quantitative estimate of drug-likeness (QED) is 0.0405. The van der Waals surface area contributed by atoms with Gasteiger partial charge >= 0.3 is 0 Å². The zero-order chi connectivity index (χ0) is 28.5. The van der Waals surface area contributed by atoms with E-state index in [0.717, 1.165) is 32.9 Å². The Hall–Kier alpha value is -3.32. The number of halogens is 2. The molecular weight excluding hydrogens is 595 g/mol. The molecule has 0 spiro atoms. The van der Waals surface area contributed by atoms with Crippen molar-refractivity contribution >= 4 is 89.8 Å². The lowest BCUT2D eigenvalue weighted by Gasteiger charge is -2.08. The van der Waals surface area contributed by atoms with E-state index in [4.69, 9.17) is 23.2 Å². The van der Waals surface area contributed by atoms with E-state index in [-0.39, 0.29) is 24.3 Å². The van der Waals surface area contributed by atoms with Crippen molar-refractivity contribution in [1.29, 1.82) is 0 Å². The average molecular weight is 622 g/mol. The number of nitrogens with zero attached hydrogens (tertiary/aromatic N) is 2. The first-order chi connectivity index (χ1) is 19.4. The molecule has 0 atom stereocenters. The Morgan fingerprint density at radius 2 is 1.18 bits per heavy atom. The lowest BCUT2D eigenvalue weighted by Crippen LogP contribution is -2.34. The Morgan fingerprint density at radius 3 is 1.57 bits per heavy atom. The van der Waals surface area contributed by atoms with E-state index >= 15 is 0 Å². The molecule has 0 aliphatic rings. The van der Waals surface area contributed by atoms with Gasteiger partial charge < -0.3 is 31.0 Å². The van der Waals surface area contributed by atoms with Gasteiger partial charge in [0.15, 0.2) is 0 Å². The molecule has 0 aliphatic carbocycles. The zero-order valence-electron chi connectivity index (χ0n) is 21.0. The molecule has 0 bridgehead atoms. The van der Waals surface area contributed by atoms with Gasteiger partial charge in [0.25, 0.3) is 11.8 Å². The van der Waals surface area contributed by atoms with Crippen LogP contribution in [0.3, 0.4) is 0 Å². The second-order valence-corrected chi connectivity index (χ2v) is 12.2. The van der Waals surface area contributed by atoms with E-state index in [9.17, 15) is 20.0 Å². The number of nitrogens with one attached hydrogen (secondary N) is 4. The van der Waals surface area contributed by atoms with Crippen LogP contribution in [0.25, 0.3) is 21.8 Å². The Balaban J connectivity index is 1.12.